The standard InChI is InChI=1S/C9H10O.2C2H6/c1-9(7-10-9)8-5-3-2-4-6-8;2*1-2/h2-6H,7H2,1H3;2*1-2H3. The van der Waals surface area contributed by atoms with Crippen LogP contribution >= 0.6 is 0 Å². The predicted molar refractivity (Wildman–Crippen MR) is 62.4 cm³/mol. The van der Waals surface area contributed by atoms with Gasteiger partial charge < -0.3 is 4.74 Å². The smallest absolute Gasteiger partial charge is 0.114 e. The fraction of sp³-hybridized carbons (Fsp3) is 0.538. The quantitative estimate of drug-likeness (QED) is 0.616. The second kappa shape index (κ2) is 6.61. The van der Waals surface area contributed by atoms with Crippen LogP contribution in [0.25, 0.3) is 0 Å². The molecule has 1 nitrogen and oxygen atoms in total. The second-order valence-corrected chi connectivity index (χ2v) is 2.89. The van der Waals surface area contributed by atoms with Gasteiger partial charge in [-0.2, -0.15) is 0 Å². The minimum absolute atomic E-state index is 0.0429. The molecule has 1 aromatic rings. The molecular weight excluding hydrogens is 172 g/mol. The zero-order chi connectivity index (χ0) is 11.0. The SMILES string of the molecule is CC.CC.CC1(c2ccccc2)CO1. The lowest BCUT2D eigenvalue weighted by atomic mass is 10.0. The van der Waals surface area contributed by atoms with E-state index in [4.69, 9.17) is 4.74 Å². The van der Waals surface area contributed by atoms with Crippen molar-refractivity contribution in [1.82, 2.24) is 0 Å². The van der Waals surface area contributed by atoms with Gasteiger partial charge in [0.1, 0.15) is 5.60 Å². The van der Waals surface area contributed by atoms with Crippen molar-refractivity contribution < 1.29 is 4.74 Å². The van der Waals surface area contributed by atoms with E-state index in [0.29, 0.717) is 0 Å². The number of benzene rings is 1. The van der Waals surface area contributed by atoms with Crippen molar-refractivity contribution in [2.45, 2.75) is 40.2 Å². The maximum atomic E-state index is 5.28. The van der Waals surface area contributed by atoms with Crippen molar-refractivity contribution in [1.29, 1.82) is 0 Å². The minimum Gasteiger partial charge on any atom is -0.365 e. The van der Waals surface area contributed by atoms with E-state index in [-0.39, 0.29) is 5.60 Å². The average Bonchev–Trinajstić information content (AvgIpc) is 3.05. The normalized spacial score (nSPS) is 22.4. The van der Waals surface area contributed by atoms with Crippen LogP contribution in [0.3, 0.4) is 0 Å². The number of hydrogen-bond acceptors (Lipinski definition) is 1. The van der Waals surface area contributed by atoms with Gasteiger partial charge in [-0.05, 0) is 12.5 Å². The Morgan fingerprint density at radius 3 is 1.79 bits per heavy atom. The summed E-state index contributed by atoms with van der Waals surface area (Å²) in [6.45, 7) is 11.0. The first-order chi connectivity index (χ1) is 6.81. The lowest BCUT2D eigenvalue weighted by molar-refractivity contribution is 0.329. The molecule has 0 amide bonds. The lowest BCUT2D eigenvalue weighted by Gasteiger charge is -2.02. The van der Waals surface area contributed by atoms with Crippen LogP contribution in [0.5, 0.6) is 0 Å². The Kier molecular flexibility index (Phi) is 6.22. The summed E-state index contributed by atoms with van der Waals surface area (Å²) in [4.78, 5) is 0. The van der Waals surface area contributed by atoms with E-state index >= 15 is 0 Å². The van der Waals surface area contributed by atoms with Gasteiger partial charge in [-0.15, -0.1) is 0 Å². The molecule has 1 atom stereocenters. The third-order valence-electron chi connectivity index (χ3n) is 1.96. The third kappa shape index (κ3) is 3.51. The van der Waals surface area contributed by atoms with E-state index in [1.54, 1.807) is 0 Å². The van der Waals surface area contributed by atoms with Crippen molar-refractivity contribution in [3.63, 3.8) is 0 Å². The monoisotopic (exact) mass is 194 g/mol. The fourth-order valence-corrected chi connectivity index (χ4v) is 1.07. The molecule has 1 saturated heterocycles. The van der Waals surface area contributed by atoms with Gasteiger partial charge in [0.15, 0.2) is 0 Å². The van der Waals surface area contributed by atoms with Crippen molar-refractivity contribution in [2.75, 3.05) is 6.61 Å². The molecule has 2 rings (SSSR count). The van der Waals surface area contributed by atoms with E-state index < -0.39 is 0 Å². The van der Waals surface area contributed by atoms with E-state index in [0.717, 1.165) is 6.61 Å². The van der Waals surface area contributed by atoms with Crippen LogP contribution in [0, 0.1) is 0 Å². The van der Waals surface area contributed by atoms with Gasteiger partial charge in [0, 0.05) is 0 Å². The lowest BCUT2D eigenvalue weighted by Crippen LogP contribution is -2.00. The van der Waals surface area contributed by atoms with Gasteiger partial charge in [0.25, 0.3) is 0 Å². The summed E-state index contributed by atoms with van der Waals surface area (Å²) in [5, 5.41) is 0. The molecule has 80 valence electrons. The first kappa shape index (κ1) is 13.2. The average molecular weight is 194 g/mol. The summed E-state index contributed by atoms with van der Waals surface area (Å²) < 4.78 is 5.28. The highest BCUT2D eigenvalue weighted by Crippen LogP contribution is 2.37. The first-order valence-corrected chi connectivity index (χ1v) is 5.51. The fourth-order valence-electron chi connectivity index (χ4n) is 1.07. The molecule has 0 aromatic heterocycles. The summed E-state index contributed by atoms with van der Waals surface area (Å²) >= 11 is 0. The molecule has 0 aliphatic carbocycles. The van der Waals surface area contributed by atoms with Gasteiger partial charge in [-0.1, -0.05) is 58.0 Å². The van der Waals surface area contributed by atoms with Crippen molar-refractivity contribution in [2.24, 2.45) is 0 Å². The predicted octanol–water partition coefficient (Wildman–Crippen LogP) is 3.98. The zero-order valence-electron chi connectivity index (χ0n) is 10.0. The van der Waals surface area contributed by atoms with Gasteiger partial charge in [-0.25, -0.2) is 0 Å². The van der Waals surface area contributed by atoms with Crippen LogP contribution in [-0.2, 0) is 10.3 Å². The van der Waals surface area contributed by atoms with Crippen molar-refractivity contribution in [3.05, 3.63) is 35.9 Å². The highest BCUT2D eigenvalue weighted by molar-refractivity contribution is 5.25. The van der Waals surface area contributed by atoms with Gasteiger partial charge >= 0.3 is 0 Å². The van der Waals surface area contributed by atoms with E-state index in [1.165, 1.54) is 5.56 Å². The van der Waals surface area contributed by atoms with Gasteiger partial charge in [0.05, 0.1) is 6.61 Å². The van der Waals surface area contributed by atoms with E-state index in [2.05, 4.69) is 19.1 Å². The Balaban J connectivity index is 0.000000379. The molecule has 1 aromatic carbocycles. The molecule has 0 radical (unpaired) electrons. The molecule has 1 aliphatic heterocycles. The molecule has 14 heavy (non-hydrogen) atoms. The Hall–Kier alpha value is -0.820. The zero-order valence-corrected chi connectivity index (χ0v) is 10.0. The van der Waals surface area contributed by atoms with Gasteiger partial charge in [-0.3, -0.25) is 0 Å². The molecule has 1 fully saturated rings. The summed E-state index contributed by atoms with van der Waals surface area (Å²) in [6.07, 6.45) is 0. The molecule has 1 unspecified atom stereocenters. The molecule has 0 spiro atoms. The first-order valence-electron chi connectivity index (χ1n) is 5.51. The highest BCUT2D eigenvalue weighted by atomic mass is 16.6. The van der Waals surface area contributed by atoms with Crippen molar-refractivity contribution in [3.8, 4) is 0 Å². The highest BCUT2D eigenvalue weighted by Gasteiger charge is 2.40. The third-order valence-corrected chi connectivity index (χ3v) is 1.96. The Bertz CT molecular complexity index is 224. The van der Waals surface area contributed by atoms with E-state index in [9.17, 15) is 0 Å². The molecule has 1 heteroatoms. The summed E-state index contributed by atoms with van der Waals surface area (Å²) in [7, 11) is 0. The Morgan fingerprint density at radius 2 is 1.43 bits per heavy atom. The second-order valence-electron chi connectivity index (χ2n) is 2.89. The number of ether oxygens (including phenoxy) is 1. The largest absolute Gasteiger partial charge is 0.365 e. The topological polar surface area (TPSA) is 12.5 Å². The van der Waals surface area contributed by atoms with Crippen LogP contribution in [0.1, 0.15) is 40.2 Å². The van der Waals surface area contributed by atoms with Crippen LogP contribution in [-0.4, -0.2) is 6.61 Å². The number of hydrogen-bond donors (Lipinski definition) is 0. The molecule has 0 N–H and O–H groups in total. The molecule has 1 heterocycles. The number of rotatable bonds is 1. The Labute approximate surface area is 88.1 Å². The molecule has 0 saturated carbocycles. The van der Waals surface area contributed by atoms with Crippen LogP contribution < -0.4 is 0 Å². The summed E-state index contributed by atoms with van der Waals surface area (Å²) in [5.41, 5.74) is 1.33. The summed E-state index contributed by atoms with van der Waals surface area (Å²) in [5.74, 6) is 0. The molecular formula is C13H22O. The summed E-state index contributed by atoms with van der Waals surface area (Å²) in [6, 6.07) is 10.3. The van der Waals surface area contributed by atoms with Crippen LogP contribution in [0.2, 0.25) is 0 Å². The van der Waals surface area contributed by atoms with Crippen molar-refractivity contribution >= 4 is 0 Å². The molecule has 1 aliphatic rings. The minimum atomic E-state index is 0.0429. The maximum absolute atomic E-state index is 5.28. The van der Waals surface area contributed by atoms with E-state index in [1.807, 2.05) is 45.9 Å². The maximum Gasteiger partial charge on any atom is 0.114 e. The van der Waals surface area contributed by atoms with Crippen LogP contribution in [0.15, 0.2) is 30.3 Å². The molecule has 0 bridgehead atoms. The van der Waals surface area contributed by atoms with Gasteiger partial charge in [0.2, 0.25) is 0 Å². The number of epoxide rings is 1. The Morgan fingerprint density at radius 1 is 1.00 bits per heavy atom. The van der Waals surface area contributed by atoms with Crippen LogP contribution in [0.4, 0.5) is 0 Å².